The first kappa shape index (κ1) is 13.7. The van der Waals surface area contributed by atoms with Gasteiger partial charge in [-0.2, -0.15) is 0 Å². The van der Waals surface area contributed by atoms with Gasteiger partial charge in [-0.1, -0.05) is 0 Å². The summed E-state index contributed by atoms with van der Waals surface area (Å²) in [6.45, 7) is 1.85. The molecule has 0 spiro atoms. The summed E-state index contributed by atoms with van der Waals surface area (Å²) in [6.07, 6.45) is 5.01. The molecule has 1 unspecified atom stereocenters. The molecule has 0 saturated carbocycles. The molecule has 1 atom stereocenters. The summed E-state index contributed by atoms with van der Waals surface area (Å²) < 4.78 is 0.853. The number of carboxylic acid groups (broad SMARTS) is 1. The van der Waals surface area contributed by atoms with Gasteiger partial charge in [0.1, 0.15) is 6.04 Å². The van der Waals surface area contributed by atoms with Gasteiger partial charge in [0.25, 0.3) is 5.91 Å². The molecule has 90 valence electrons. The number of hydrogen-bond acceptors (Lipinski definition) is 3. The van der Waals surface area contributed by atoms with E-state index < -0.39 is 17.9 Å². The van der Waals surface area contributed by atoms with Crippen LogP contribution in [0.2, 0.25) is 0 Å². The number of terminal acetylenes is 1. The minimum Gasteiger partial charge on any atom is -0.480 e. The van der Waals surface area contributed by atoms with Crippen LogP contribution < -0.4 is 5.32 Å². The van der Waals surface area contributed by atoms with Crippen molar-refractivity contribution in [3.8, 4) is 12.3 Å². The second-order valence-corrected chi connectivity index (χ2v) is 5.71. The van der Waals surface area contributed by atoms with Crippen LogP contribution in [-0.2, 0) is 4.79 Å². The Kier molecular flexibility index (Phi) is 4.73. The van der Waals surface area contributed by atoms with Gasteiger partial charge in [0, 0.05) is 6.42 Å². The summed E-state index contributed by atoms with van der Waals surface area (Å²) in [5, 5.41) is 11.2. The van der Waals surface area contributed by atoms with Crippen LogP contribution >= 0.6 is 27.3 Å². The van der Waals surface area contributed by atoms with E-state index in [4.69, 9.17) is 11.5 Å². The zero-order chi connectivity index (χ0) is 13.0. The lowest BCUT2D eigenvalue weighted by molar-refractivity contribution is -0.139. The van der Waals surface area contributed by atoms with Crippen LogP contribution in [0.5, 0.6) is 0 Å². The topological polar surface area (TPSA) is 66.4 Å². The number of nitrogens with one attached hydrogen (secondary N) is 1. The Labute approximate surface area is 111 Å². The van der Waals surface area contributed by atoms with Gasteiger partial charge in [-0.3, -0.25) is 4.79 Å². The fraction of sp³-hybridized carbons (Fsp3) is 0.273. The van der Waals surface area contributed by atoms with Crippen molar-refractivity contribution in [2.75, 3.05) is 0 Å². The number of thiophene rings is 1. The number of aliphatic carboxylic acids is 1. The van der Waals surface area contributed by atoms with Crippen molar-refractivity contribution in [3.63, 3.8) is 0 Å². The number of halogens is 1. The van der Waals surface area contributed by atoms with E-state index in [1.54, 1.807) is 6.07 Å². The molecule has 4 nitrogen and oxygen atoms in total. The molecule has 1 aromatic heterocycles. The molecule has 1 amide bonds. The van der Waals surface area contributed by atoms with E-state index in [1.165, 1.54) is 11.3 Å². The number of rotatable bonds is 4. The highest BCUT2D eigenvalue weighted by molar-refractivity contribution is 9.11. The van der Waals surface area contributed by atoms with Crippen molar-refractivity contribution in [1.82, 2.24) is 5.32 Å². The Bertz CT molecular complexity index is 470. The van der Waals surface area contributed by atoms with Gasteiger partial charge in [0.15, 0.2) is 0 Å². The van der Waals surface area contributed by atoms with Crippen LogP contribution in [0.15, 0.2) is 9.85 Å². The molecule has 1 aromatic rings. The van der Waals surface area contributed by atoms with Crippen LogP contribution in [-0.4, -0.2) is 23.0 Å². The Balaban J connectivity index is 2.77. The molecule has 1 rings (SSSR count). The van der Waals surface area contributed by atoms with Gasteiger partial charge < -0.3 is 10.4 Å². The first-order chi connectivity index (χ1) is 7.95. The van der Waals surface area contributed by atoms with E-state index in [2.05, 4.69) is 27.2 Å². The van der Waals surface area contributed by atoms with Crippen molar-refractivity contribution >= 4 is 39.1 Å². The monoisotopic (exact) mass is 315 g/mol. The molecule has 0 bridgehead atoms. The summed E-state index contributed by atoms with van der Waals surface area (Å²) >= 11 is 4.55. The summed E-state index contributed by atoms with van der Waals surface area (Å²) in [6, 6.07) is 0.646. The zero-order valence-electron chi connectivity index (χ0n) is 8.99. The quantitative estimate of drug-likeness (QED) is 0.835. The summed E-state index contributed by atoms with van der Waals surface area (Å²) in [5.41, 5.74) is 0.934. The fourth-order valence-electron chi connectivity index (χ4n) is 1.12. The predicted octanol–water partition coefficient (Wildman–Crippen LogP) is 2.03. The third-order valence-electron chi connectivity index (χ3n) is 2.01. The highest BCUT2D eigenvalue weighted by Gasteiger charge is 2.20. The molecular formula is C11H10BrNO3S. The van der Waals surface area contributed by atoms with Crippen molar-refractivity contribution in [3.05, 3.63) is 20.3 Å². The molecule has 0 fully saturated rings. The number of hydrogen-bond donors (Lipinski definition) is 2. The maximum Gasteiger partial charge on any atom is 0.327 e. The van der Waals surface area contributed by atoms with Crippen molar-refractivity contribution in [1.29, 1.82) is 0 Å². The smallest absolute Gasteiger partial charge is 0.327 e. The number of carboxylic acids is 1. The molecule has 0 saturated heterocycles. The Morgan fingerprint density at radius 2 is 2.35 bits per heavy atom. The highest BCUT2D eigenvalue weighted by Crippen LogP contribution is 2.27. The normalized spacial score (nSPS) is 11.6. The van der Waals surface area contributed by atoms with E-state index in [9.17, 15) is 9.59 Å². The Morgan fingerprint density at radius 1 is 1.71 bits per heavy atom. The van der Waals surface area contributed by atoms with Crippen LogP contribution in [0, 0.1) is 19.3 Å². The SMILES string of the molecule is C#CCC(NC(=O)c1cc(C)c(Br)s1)C(=O)O. The molecule has 0 aliphatic carbocycles. The number of aryl methyl sites for hydroxylation is 1. The van der Waals surface area contributed by atoms with E-state index >= 15 is 0 Å². The molecule has 0 aromatic carbocycles. The third-order valence-corrected chi connectivity index (χ3v) is 4.14. The third kappa shape index (κ3) is 3.58. The van der Waals surface area contributed by atoms with Crippen molar-refractivity contribution in [2.24, 2.45) is 0 Å². The average Bonchev–Trinajstić information content (AvgIpc) is 2.58. The van der Waals surface area contributed by atoms with E-state index in [0.717, 1.165) is 9.35 Å². The molecule has 0 aliphatic heterocycles. The highest BCUT2D eigenvalue weighted by atomic mass is 79.9. The first-order valence-electron chi connectivity index (χ1n) is 4.68. The molecule has 2 N–H and O–H groups in total. The van der Waals surface area contributed by atoms with Gasteiger partial charge in [-0.15, -0.1) is 23.7 Å². The molecule has 1 heterocycles. The number of amides is 1. The van der Waals surface area contributed by atoms with Gasteiger partial charge in [-0.05, 0) is 34.5 Å². The maximum absolute atomic E-state index is 11.7. The van der Waals surface area contributed by atoms with E-state index in [1.807, 2.05) is 6.92 Å². The second-order valence-electron chi connectivity index (χ2n) is 3.34. The summed E-state index contributed by atoms with van der Waals surface area (Å²) in [7, 11) is 0. The molecule has 6 heteroatoms. The maximum atomic E-state index is 11.7. The number of carbonyl (C=O) groups is 2. The van der Waals surface area contributed by atoms with Crippen molar-refractivity contribution in [2.45, 2.75) is 19.4 Å². The first-order valence-corrected chi connectivity index (χ1v) is 6.29. The standard InChI is InChI=1S/C11H10BrNO3S/c1-3-4-7(11(15)16)13-10(14)8-5-6(2)9(12)17-8/h1,5,7H,4H2,2H3,(H,13,14)(H,15,16). The molecular weight excluding hydrogens is 306 g/mol. The minimum atomic E-state index is -1.14. The van der Waals surface area contributed by atoms with Gasteiger partial charge in [0.05, 0.1) is 8.66 Å². The van der Waals surface area contributed by atoms with E-state index in [-0.39, 0.29) is 6.42 Å². The summed E-state index contributed by atoms with van der Waals surface area (Å²) in [5.74, 6) is 0.661. The molecule has 0 radical (unpaired) electrons. The zero-order valence-corrected chi connectivity index (χ0v) is 11.4. The molecule has 0 aliphatic rings. The van der Waals surface area contributed by atoms with Crippen molar-refractivity contribution < 1.29 is 14.7 Å². The van der Waals surface area contributed by atoms with Crippen LogP contribution in [0.25, 0.3) is 0 Å². The van der Waals surface area contributed by atoms with Crippen LogP contribution in [0.3, 0.4) is 0 Å². The Hall–Kier alpha value is -1.32. The fourth-order valence-corrected chi connectivity index (χ4v) is 2.56. The van der Waals surface area contributed by atoms with Gasteiger partial charge >= 0.3 is 5.97 Å². The minimum absolute atomic E-state index is 0.0351. The van der Waals surface area contributed by atoms with Crippen LogP contribution in [0.4, 0.5) is 0 Å². The number of carbonyl (C=O) groups excluding carboxylic acids is 1. The average molecular weight is 316 g/mol. The largest absolute Gasteiger partial charge is 0.480 e. The predicted molar refractivity (Wildman–Crippen MR) is 69.1 cm³/mol. The lowest BCUT2D eigenvalue weighted by atomic mass is 10.2. The van der Waals surface area contributed by atoms with Gasteiger partial charge in [-0.25, -0.2) is 4.79 Å². The van der Waals surface area contributed by atoms with Gasteiger partial charge in [0.2, 0.25) is 0 Å². The summed E-state index contributed by atoms with van der Waals surface area (Å²) in [4.78, 5) is 23.0. The van der Waals surface area contributed by atoms with E-state index in [0.29, 0.717) is 4.88 Å². The molecule has 17 heavy (non-hydrogen) atoms. The second kappa shape index (κ2) is 5.84. The lowest BCUT2D eigenvalue weighted by Gasteiger charge is -2.10. The van der Waals surface area contributed by atoms with Crippen LogP contribution in [0.1, 0.15) is 21.7 Å². The lowest BCUT2D eigenvalue weighted by Crippen LogP contribution is -2.40. The Morgan fingerprint density at radius 3 is 2.76 bits per heavy atom.